The van der Waals surface area contributed by atoms with Gasteiger partial charge in [-0.25, -0.2) is 4.39 Å². The van der Waals surface area contributed by atoms with Gasteiger partial charge in [0.25, 0.3) is 0 Å². The summed E-state index contributed by atoms with van der Waals surface area (Å²) < 4.78 is 12.9. The van der Waals surface area contributed by atoms with Crippen LogP contribution in [0.1, 0.15) is 17.2 Å². The van der Waals surface area contributed by atoms with Crippen LogP contribution in [0.25, 0.3) is 0 Å². The first kappa shape index (κ1) is 13.1. The molecule has 0 aliphatic rings. The van der Waals surface area contributed by atoms with Crippen LogP contribution >= 0.6 is 0 Å². The Morgan fingerprint density at radius 1 is 1.16 bits per heavy atom. The minimum Gasteiger partial charge on any atom is -0.370 e. The third kappa shape index (κ3) is 3.10. The predicted octanol–water partition coefficient (Wildman–Crippen LogP) is 2.77. The highest BCUT2D eigenvalue weighted by Crippen LogP contribution is 2.22. The van der Waals surface area contributed by atoms with E-state index in [-0.39, 0.29) is 5.82 Å². The molecule has 0 radical (unpaired) electrons. The summed E-state index contributed by atoms with van der Waals surface area (Å²) in [7, 11) is 0. The quantitative estimate of drug-likeness (QED) is 0.886. The average Bonchev–Trinajstić information content (AvgIpc) is 2.39. The lowest BCUT2D eigenvalue weighted by Gasteiger charge is -2.18. The van der Waals surface area contributed by atoms with E-state index in [1.807, 2.05) is 31.2 Å². The lowest BCUT2D eigenvalue weighted by molar-refractivity contribution is -0.118. The Labute approximate surface area is 111 Å². The first-order valence-electron chi connectivity index (χ1n) is 5.95. The molecule has 0 aliphatic carbocycles. The van der Waals surface area contributed by atoms with Crippen LogP contribution in [-0.4, -0.2) is 5.91 Å². The highest BCUT2D eigenvalue weighted by Gasteiger charge is 2.18. The van der Waals surface area contributed by atoms with E-state index in [0.717, 1.165) is 11.3 Å². The number of halogens is 1. The molecule has 0 saturated carbocycles. The molecular weight excluding hydrogens is 243 g/mol. The molecule has 0 aromatic heterocycles. The van der Waals surface area contributed by atoms with Gasteiger partial charge in [0, 0.05) is 5.69 Å². The molecule has 0 fully saturated rings. The zero-order chi connectivity index (χ0) is 13.8. The van der Waals surface area contributed by atoms with Crippen molar-refractivity contribution in [2.24, 2.45) is 5.73 Å². The summed E-state index contributed by atoms with van der Waals surface area (Å²) in [5, 5.41) is 3.09. The van der Waals surface area contributed by atoms with E-state index in [9.17, 15) is 9.18 Å². The van der Waals surface area contributed by atoms with E-state index < -0.39 is 11.9 Å². The predicted molar refractivity (Wildman–Crippen MR) is 73.1 cm³/mol. The number of carbonyl (C=O) groups excluding carboxylic acids is 1. The minimum absolute atomic E-state index is 0.345. The summed E-state index contributed by atoms with van der Waals surface area (Å²) in [6, 6.07) is 12.6. The fourth-order valence-corrected chi connectivity index (χ4v) is 1.86. The minimum atomic E-state index is -0.679. The Morgan fingerprint density at radius 3 is 2.37 bits per heavy atom. The molecule has 0 saturated heterocycles. The monoisotopic (exact) mass is 258 g/mol. The van der Waals surface area contributed by atoms with Crippen LogP contribution in [0.3, 0.4) is 0 Å². The number of rotatable bonds is 4. The summed E-state index contributed by atoms with van der Waals surface area (Å²) in [4.78, 5) is 11.6. The van der Waals surface area contributed by atoms with Crippen molar-refractivity contribution >= 4 is 11.6 Å². The van der Waals surface area contributed by atoms with Crippen LogP contribution in [-0.2, 0) is 4.79 Å². The standard InChI is InChI=1S/C15H15FN2O/c1-10-4-2-3-5-13(10)18-14(15(17)19)11-6-8-12(16)9-7-11/h2-9,14,18H,1H3,(H2,17,19). The van der Waals surface area contributed by atoms with Crippen molar-refractivity contribution in [3.05, 3.63) is 65.5 Å². The SMILES string of the molecule is Cc1ccccc1NC(C(N)=O)c1ccc(F)cc1. The van der Waals surface area contributed by atoms with E-state index in [1.54, 1.807) is 12.1 Å². The second kappa shape index (κ2) is 5.52. The third-order valence-electron chi connectivity index (χ3n) is 2.93. The maximum absolute atomic E-state index is 12.9. The number of aryl methyl sites for hydroxylation is 1. The molecule has 0 spiro atoms. The van der Waals surface area contributed by atoms with Gasteiger partial charge in [0.1, 0.15) is 11.9 Å². The van der Waals surface area contributed by atoms with Crippen LogP contribution in [0.15, 0.2) is 48.5 Å². The van der Waals surface area contributed by atoms with E-state index >= 15 is 0 Å². The Kier molecular flexibility index (Phi) is 3.80. The highest BCUT2D eigenvalue weighted by molar-refractivity contribution is 5.84. The van der Waals surface area contributed by atoms with E-state index in [4.69, 9.17) is 5.73 Å². The number of hydrogen-bond acceptors (Lipinski definition) is 2. The summed E-state index contributed by atoms with van der Waals surface area (Å²) in [5.74, 6) is -0.849. The van der Waals surface area contributed by atoms with Gasteiger partial charge >= 0.3 is 0 Å². The van der Waals surface area contributed by atoms with Crippen molar-refractivity contribution in [2.45, 2.75) is 13.0 Å². The van der Waals surface area contributed by atoms with Gasteiger partial charge in [-0.1, -0.05) is 30.3 Å². The fraction of sp³-hybridized carbons (Fsp3) is 0.133. The smallest absolute Gasteiger partial charge is 0.244 e. The fourth-order valence-electron chi connectivity index (χ4n) is 1.86. The molecular formula is C15H15FN2O. The Balaban J connectivity index is 2.29. The number of primary amides is 1. The van der Waals surface area contributed by atoms with E-state index in [2.05, 4.69) is 5.32 Å². The van der Waals surface area contributed by atoms with Crippen LogP contribution in [0.2, 0.25) is 0 Å². The van der Waals surface area contributed by atoms with Crippen LogP contribution in [0.4, 0.5) is 10.1 Å². The van der Waals surface area contributed by atoms with Gasteiger partial charge in [0.05, 0.1) is 0 Å². The maximum Gasteiger partial charge on any atom is 0.244 e. The second-order valence-corrected chi connectivity index (χ2v) is 4.35. The van der Waals surface area contributed by atoms with Gasteiger partial charge in [-0.15, -0.1) is 0 Å². The van der Waals surface area contributed by atoms with Gasteiger partial charge in [-0.2, -0.15) is 0 Å². The van der Waals surface area contributed by atoms with Gasteiger partial charge in [0.15, 0.2) is 0 Å². The first-order chi connectivity index (χ1) is 9.08. The molecule has 4 heteroatoms. The molecule has 2 aromatic carbocycles. The molecule has 2 aromatic rings. The number of benzene rings is 2. The largest absolute Gasteiger partial charge is 0.370 e. The Bertz CT molecular complexity index is 581. The average molecular weight is 258 g/mol. The first-order valence-corrected chi connectivity index (χ1v) is 5.95. The van der Waals surface area contributed by atoms with Crippen molar-refractivity contribution in [1.82, 2.24) is 0 Å². The zero-order valence-electron chi connectivity index (χ0n) is 10.6. The summed E-state index contributed by atoms with van der Waals surface area (Å²) >= 11 is 0. The van der Waals surface area contributed by atoms with Crippen LogP contribution in [0.5, 0.6) is 0 Å². The van der Waals surface area contributed by atoms with Crippen molar-refractivity contribution in [1.29, 1.82) is 0 Å². The molecule has 98 valence electrons. The molecule has 3 nitrogen and oxygen atoms in total. The van der Waals surface area contributed by atoms with E-state index in [0.29, 0.717) is 5.56 Å². The summed E-state index contributed by atoms with van der Waals surface area (Å²) in [5.41, 5.74) is 7.89. The molecule has 2 rings (SSSR count). The van der Waals surface area contributed by atoms with Crippen molar-refractivity contribution in [2.75, 3.05) is 5.32 Å². The lowest BCUT2D eigenvalue weighted by Crippen LogP contribution is -2.28. The van der Waals surface area contributed by atoms with Crippen molar-refractivity contribution < 1.29 is 9.18 Å². The third-order valence-corrected chi connectivity index (χ3v) is 2.93. The zero-order valence-corrected chi connectivity index (χ0v) is 10.6. The molecule has 19 heavy (non-hydrogen) atoms. The van der Waals surface area contributed by atoms with Crippen molar-refractivity contribution in [3.63, 3.8) is 0 Å². The van der Waals surface area contributed by atoms with Crippen molar-refractivity contribution in [3.8, 4) is 0 Å². The molecule has 0 bridgehead atoms. The maximum atomic E-state index is 12.9. The summed E-state index contributed by atoms with van der Waals surface area (Å²) in [6.45, 7) is 1.94. The topological polar surface area (TPSA) is 55.1 Å². The number of anilines is 1. The number of nitrogens with two attached hydrogens (primary N) is 1. The normalized spacial score (nSPS) is 11.9. The number of carbonyl (C=O) groups is 1. The second-order valence-electron chi connectivity index (χ2n) is 4.35. The lowest BCUT2D eigenvalue weighted by atomic mass is 10.1. The van der Waals surface area contributed by atoms with Gasteiger partial charge in [0.2, 0.25) is 5.91 Å². The van der Waals surface area contributed by atoms with Gasteiger partial charge in [-0.3, -0.25) is 4.79 Å². The molecule has 1 unspecified atom stereocenters. The molecule has 1 amide bonds. The van der Waals surface area contributed by atoms with E-state index in [1.165, 1.54) is 12.1 Å². The molecule has 0 heterocycles. The summed E-state index contributed by atoms with van der Waals surface area (Å²) in [6.07, 6.45) is 0. The highest BCUT2D eigenvalue weighted by atomic mass is 19.1. The Hall–Kier alpha value is -2.36. The number of nitrogens with one attached hydrogen (secondary N) is 1. The van der Waals surface area contributed by atoms with Crippen LogP contribution < -0.4 is 11.1 Å². The molecule has 1 atom stereocenters. The van der Waals surface area contributed by atoms with Gasteiger partial charge < -0.3 is 11.1 Å². The number of hydrogen-bond donors (Lipinski definition) is 2. The molecule has 0 aliphatic heterocycles. The molecule has 3 N–H and O–H groups in total. The number of amides is 1. The Morgan fingerprint density at radius 2 is 1.79 bits per heavy atom. The number of para-hydroxylation sites is 1. The van der Waals surface area contributed by atoms with Gasteiger partial charge in [-0.05, 0) is 36.2 Å². The van der Waals surface area contributed by atoms with Crippen LogP contribution in [0, 0.1) is 12.7 Å².